The second-order valence-electron chi connectivity index (χ2n) is 6.81. The Hall–Kier alpha value is -1.72. The third kappa shape index (κ3) is 9.68. The van der Waals surface area contributed by atoms with E-state index in [-0.39, 0.29) is 12.2 Å². The molecule has 0 fully saturated rings. The van der Waals surface area contributed by atoms with Crippen LogP contribution < -0.4 is 5.32 Å². The Morgan fingerprint density at radius 1 is 1.00 bits per heavy atom. The van der Waals surface area contributed by atoms with Crippen LogP contribution in [0.3, 0.4) is 0 Å². The number of carbonyl (C=O) groups is 2. The highest BCUT2D eigenvalue weighted by molar-refractivity contribution is 5.96. The lowest BCUT2D eigenvalue weighted by molar-refractivity contribution is -0.146. The van der Waals surface area contributed by atoms with Crippen LogP contribution in [-0.2, 0) is 11.3 Å². The molecule has 1 rings (SSSR count). The molecule has 0 bridgehead atoms. The number of Topliss-reactive ketones (excluding diaryl/α,β-unsaturated/α-hetero) is 1. The Balaban J connectivity index is 2.20. The largest absolute Gasteiger partial charge is 0.479 e. The van der Waals surface area contributed by atoms with Crippen LogP contribution in [0, 0.1) is 0 Å². The molecular formula is C21H33NO4. The van der Waals surface area contributed by atoms with Gasteiger partial charge in [-0.2, -0.15) is 0 Å². The molecule has 0 aliphatic heterocycles. The standard InChI is InChI=1S/C21H33NO4/c1-2-3-4-5-6-7-8-9-19(23)18-12-10-17(11-13-18)16-22-15-14-20(24)21(25)26/h10-13,20,22,24H,2-9,14-16H2,1H3,(H,25,26). The lowest BCUT2D eigenvalue weighted by Crippen LogP contribution is -2.25. The van der Waals surface area contributed by atoms with Gasteiger partial charge in [0.05, 0.1) is 0 Å². The van der Waals surface area contributed by atoms with Crippen LogP contribution in [0.15, 0.2) is 24.3 Å². The van der Waals surface area contributed by atoms with E-state index in [1.165, 1.54) is 32.1 Å². The van der Waals surface area contributed by atoms with Crippen LogP contribution >= 0.6 is 0 Å². The maximum absolute atomic E-state index is 12.2. The van der Waals surface area contributed by atoms with Gasteiger partial charge in [0.1, 0.15) is 0 Å². The molecule has 1 atom stereocenters. The summed E-state index contributed by atoms with van der Waals surface area (Å²) in [6.07, 6.45) is 7.89. The highest BCUT2D eigenvalue weighted by Gasteiger charge is 2.11. The van der Waals surface area contributed by atoms with Crippen LogP contribution in [0.1, 0.15) is 80.6 Å². The lowest BCUT2D eigenvalue weighted by atomic mass is 10.0. The third-order valence-corrected chi connectivity index (χ3v) is 4.49. The molecule has 0 radical (unpaired) electrons. The van der Waals surface area contributed by atoms with Crippen molar-refractivity contribution in [3.8, 4) is 0 Å². The molecule has 1 aromatic rings. The van der Waals surface area contributed by atoms with Crippen molar-refractivity contribution in [2.75, 3.05) is 6.54 Å². The summed E-state index contributed by atoms with van der Waals surface area (Å²) in [5.41, 5.74) is 1.78. The van der Waals surface area contributed by atoms with Gasteiger partial charge in [-0.05, 0) is 24.9 Å². The molecular weight excluding hydrogens is 330 g/mol. The number of nitrogens with one attached hydrogen (secondary N) is 1. The van der Waals surface area contributed by atoms with Crippen molar-refractivity contribution < 1.29 is 19.8 Å². The van der Waals surface area contributed by atoms with Gasteiger partial charge in [-0.3, -0.25) is 4.79 Å². The highest BCUT2D eigenvalue weighted by Crippen LogP contribution is 2.12. The smallest absolute Gasteiger partial charge is 0.332 e. The lowest BCUT2D eigenvalue weighted by Gasteiger charge is -2.08. The molecule has 1 aromatic carbocycles. The minimum Gasteiger partial charge on any atom is -0.479 e. The number of aliphatic carboxylic acids is 1. The van der Waals surface area contributed by atoms with E-state index in [9.17, 15) is 14.7 Å². The summed E-state index contributed by atoms with van der Waals surface area (Å²) in [5.74, 6) is -1.00. The Bertz CT molecular complexity index is 527. The van der Waals surface area contributed by atoms with Crippen LogP contribution in [0.4, 0.5) is 0 Å². The zero-order chi connectivity index (χ0) is 19.2. The van der Waals surface area contributed by atoms with Crippen molar-refractivity contribution in [2.45, 2.75) is 77.4 Å². The average molecular weight is 363 g/mol. The van der Waals surface area contributed by atoms with Crippen LogP contribution in [0.5, 0.6) is 0 Å². The molecule has 0 aliphatic rings. The molecule has 0 amide bonds. The summed E-state index contributed by atoms with van der Waals surface area (Å²) >= 11 is 0. The molecule has 0 aromatic heterocycles. The van der Waals surface area contributed by atoms with Gasteiger partial charge in [-0.1, -0.05) is 69.7 Å². The third-order valence-electron chi connectivity index (χ3n) is 4.49. The normalized spacial score (nSPS) is 12.1. The number of unbranched alkanes of at least 4 members (excludes halogenated alkanes) is 6. The number of benzene rings is 1. The summed E-state index contributed by atoms with van der Waals surface area (Å²) in [5, 5.41) is 20.9. The van der Waals surface area contributed by atoms with Gasteiger partial charge in [0, 0.05) is 18.5 Å². The van der Waals surface area contributed by atoms with Gasteiger partial charge in [0.2, 0.25) is 0 Å². The molecule has 146 valence electrons. The minimum absolute atomic E-state index is 0.171. The van der Waals surface area contributed by atoms with Crippen molar-refractivity contribution >= 4 is 11.8 Å². The zero-order valence-electron chi connectivity index (χ0n) is 15.9. The van der Waals surface area contributed by atoms with Gasteiger partial charge in [-0.25, -0.2) is 4.79 Å². The van der Waals surface area contributed by atoms with Crippen LogP contribution in [-0.4, -0.2) is 34.6 Å². The molecule has 0 heterocycles. The van der Waals surface area contributed by atoms with Crippen molar-refractivity contribution in [1.29, 1.82) is 0 Å². The SMILES string of the molecule is CCCCCCCCCC(=O)c1ccc(CNCCC(O)C(=O)O)cc1. The predicted molar refractivity (Wildman–Crippen MR) is 103 cm³/mol. The predicted octanol–water partition coefficient (Wildman–Crippen LogP) is 3.94. The van der Waals surface area contributed by atoms with E-state index in [1.54, 1.807) is 0 Å². The first-order chi connectivity index (χ1) is 12.5. The summed E-state index contributed by atoms with van der Waals surface area (Å²) in [6.45, 7) is 3.22. The number of aliphatic hydroxyl groups is 1. The number of hydrogen-bond acceptors (Lipinski definition) is 4. The van der Waals surface area contributed by atoms with E-state index in [1.807, 2.05) is 24.3 Å². The monoisotopic (exact) mass is 363 g/mol. The van der Waals surface area contributed by atoms with Gasteiger partial charge >= 0.3 is 5.97 Å². The summed E-state index contributed by atoms with van der Waals surface area (Å²) < 4.78 is 0. The Labute approximate surface area is 156 Å². The zero-order valence-corrected chi connectivity index (χ0v) is 15.9. The number of carbonyl (C=O) groups excluding carboxylic acids is 1. The summed E-state index contributed by atoms with van der Waals surface area (Å²) in [7, 11) is 0. The van der Waals surface area contributed by atoms with Gasteiger partial charge in [0.15, 0.2) is 11.9 Å². The first kappa shape index (κ1) is 22.3. The second-order valence-corrected chi connectivity index (χ2v) is 6.81. The van der Waals surface area contributed by atoms with Crippen molar-refractivity contribution in [2.24, 2.45) is 0 Å². The van der Waals surface area contributed by atoms with Gasteiger partial charge < -0.3 is 15.5 Å². The highest BCUT2D eigenvalue weighted by atomic mass is 16.4. The first-order valence-electron chi connectivity index (χ1n) is 9.78. The topological polar surface area (TPSA) is 86.6 Å². The van der Waals surface area contributed by atoms with Crippen molar-refractivity contribution in [1.82, 2.24) is 5.32 Å². The quantitative estimate of drug-likeness (QED) is 0.325. The maximum atomic E-state index is 12.2. The molecule has 5 nitrogen and oxygen atoms in total. The van der Waals surface area contributed by atoms with E-state index in [4.69, 9.17) is 5.11 Å². The summed E-state index contributed by atoms with van der Waals surface area (Å²) in [4.78, 5) is 22.7. The van der Waals surface area contributed by atoms with E-state index in [0.717, 1.165) is 24.0 Å². The van der Waals surface area contributed by atoms with E-state index >= 15 is 0 Å². The Morgan fingerprint density at radius 3 is 2.23 bits per heavy atom. The molecule has 3 N–H and O–H groups in total. The number of aliphatic hydroxyl groups excluding tert-OH is 1. The van der Waals surface area contributed by atoms with E-state index < -0.39 is 12.1 Å². The van der Waals surface area contributed by atoms with Gasteiger partial charge in [0.25, 0.3) is 0 Å². The van der Waals surface area contributed by atoms with Crippen molar-refractivity contribution in [3.05, 3.63) is 35.4 Å². The van der Waals surface area contributed by atoms with E-state index in [2.05, 4.69) is 12.2 Å². The van der Waals surface area contributed by atoms with Crippen LogP contribution in [0.25, 0.3) is 0 Å². The van der Waals surface area contributed by atoms with E-state index in [0.29, 0.717) is 19.5 Å². The molecule has 0 spiro atoms. The maximum Gasteiger partial charge on any atom is 0.332 e. The number of carboxylic acid groups (broad SMARTS) is 1. The fourth-order valence-electron chi connectivity index (χ4n) is 2.79. The number of rotatable bonds is 15. The van der Waals surface area contributed by atoms with Gasteiger partial charge in [-0.15, -0.1) is 0 Å². The Morgan fingerprint density at radius 2 is 1.62 bits per heavy atom. The molecule has 0 saturated carbocycles. The molecule has 0 saturated heterocycles. The summed E-state index contributed by atoms with van der Waals surface area (Å²) in [6, 6.07) is 7.54. The van der Waals surface area contributed by atoms with Crippen molar-refractivity contribution in [3.63, 3.8) is 0 Å². The second kappa shape index (κ2) is 13.5. The molecule has 5 heteroatoms. The fourth-order valence-corrected chi connectivity index (χ4v) is 2.79. The fraction of sp³-hybridized carbons (Fsp3) is 0.619. The van der Waals surface area contributed by atoms with Crippen LogP contribution in [0.2, 0.25) is 0 Å². The Kier molecular flexibility index (Phi) is 11.6. The average Bonchev–Trinajstić information content (AvgIpc) is 2.64. The number of carboxylic acids is 1. The number of hydrogen-bond donors (Lipinski definition) is 3. The number of ketones is 1. The molecule has 26 heavy (non-hydrogen) atoms. The first-order valence-corrected chi connectivity index (χ1v) is 9.78. The molecule has 0 aliphatic carbocycles. The minimum atomic E-state index is -1.32. The molecule has 1 unspecified atom stereocenters.